The predicted octanol–water partition coefficient (Wildman–Crippen LogP) is 3.26. The summed E-state index contributed by atoms with van der Waals surface area (Å²) in [6.45, 7) is 2.95. The van der Waals surface area contributed by atoms with Crippen LogP contribution in [0.2, 0.25) is 0 Å². The van der Waals surface area contributed by atoms with Gasteiger partial charge in [-0.3, -0.25) is 4.79 Å². The molecule has 4 nitrogen and oxygen atoms in total. The van der Waals surface area contributed by atoms with Crippen LogP contribution in [-0.2, 0) is 0 Å². The van der Waals surface area contributed by atoms with Gasteiger partial charge >= 0.3 is 0 Å². The van der Waals surface area contributed by atoms with Crippen LogP contribution in [0.5, 0.6) is 5.75 Å². The number of rotatable bonds is 2. The Morgan fingerprint density at radius 3 is 2.90 bits per heavy atom. The van der Waals surface area contributed by atoms with Crippen LogP contribution in [0.3, 0.4) is 0 Å². The van der Waals surface area contributed by atoms with Gasteiger partial charge in [-0.15, -0.1) is 0 Å². The third-order valence-electron chi connectivity index (χ3n) is 4.18. The van der Waals surface area contributed by atoms with Crippen molar-refractivity contribution < 1.29 is 9.53 Å². The van der Waals surface area contributed by atoms with Gasteiger partial charge in [-0.05, 0) is 50.5 Å². The second-order valence-corrected chi connectivity index (χ2v) is 5.60. The van der Waals surface area contributed by atoms with Crippen LogP contribution in [0.4, 0.5) is 0 Å². The SMILES string of the molecule is COc1ccc2nc(C(=O)N3CCCCC3C)ccc2c1. The minimum absolute atomic E-state index is 0.0416. The van der Waals surface area contributed by atoms with Crippen molar-refractivity contribution in [1.29, 1.82) is 0 Å². The van der Waals surface area contributed by atoms with Crippen molar-refractivity contribution in [3.63, 3.8) is 0 Å². The van der Waals surface area contributed by atoms with Crippen LogP contribution in [0.1, 0.15) is 36.7 Å². The Morgan fingerprint density at radius 2 is 2.14 bits per heavy atom. The second-order valence-electron chi connectivity index (χ2n) is 5.60. The van der Waals surface area contributed by atoms with Crippen LogP contribution < -0.4 is 4.74 Å². The quantitative estimate of drug-likeness (QED) is 0.850. The van der Waals surface area contributed by atoms with E-state index in [0.29, 0.717) is 11.7 Å². The van der Waals surface area contributed by atoms with E-state index in [1.807, 2.05) is 35.2 Å². The molecular formula is C17H20N2O2. The van der Waals surface area contributed by atoms with Gasteiger partial charge in [-0.2, -0.15) is 0 Å². The number of carbonyl (C=O) groups is 1. The standard InChI is InChI=1S/C17H20N2O2/c1-12-5-3-4-10-19(12)17(20)16-8-6-13-11-14(21-2)7-9-15(13)18-16/h6-9,11-12H,3-5,10H2,1-2H3. The van der Waals surface area contributed by atoms with E-state index in [1.165, 1.54) is 6.42 Å². The molecule has 4 heteroatoms. The van der Waals surface area contributed by atoms with Crippen LogP contribution in [-0.4, -0.2) is 35.5 Å². The van der Waals surface area contributed by atoms with Crippen LogP contribution >= 0.6 is 0 Å². The molecule has 1 fully saturated rings. The number of likely N-dealkylation sites (tertiary alicyclic amines) is 1. The molecule has 110 valence electrons. The zero-order valence-electron chi connectivity index (χ0n) is 12.5. The summed E-state index contributed by atoms with van der Waals surface area (Å²) >= 11 is 0. The smallest absolute Gasteiger partial charge is 0.272 e. The second kappa shape index (κ2) is 5.72. The topological polar surface area (TPSA) is 42.4 Å². The number of hydrogen-bond acceptors (Lipinski definition) is 3. The molecule has 1 atom stereocenters. The molecule has 1 saturated heterocycles. The van der Waals surface area contributed by atoms with Crippen molar-refractivity contribution in [3.8, 4) is 5.75 Å². The molecular weight excluding hydrogens is 264 g/mol. The van der Waals surface area contributed by atoms with E-state index in [-0.39, 0.29) is 5.91 Å². The van der Waals surface area contributed by atoms with Crippen LogP contribution in [0.25, 0.3) is 10.9 Å². The first-order chi connectivity index (χ1) is 10.2. The number of benzene rings is 1. The summed E-state index contributed by atoms with van der Waals surface area (Å²) < 4.78 is 5.21. The number of piperidine rings is 1. The number of carbonyl (C=O) groups excluding carboxylic acids is 1. The summed E-state index contributed by atoms with van der Waals surface area (Å²) in [4.78, 5) is 19.1. The molecule has 2 heterocycles. The highest BCUT2D eigenvalue weighted by Gasteiger charge is 2.25. The number of nitrogens with zero attached hydrogens (tertiary/aromatic N) is 2. The summed E-state index contributed by atoms with van der Waals surface area (Å²) in [5.41, 5.74) is 1.35. The van der Waals surface area contributed by atoms with Gasteiger partial charge in [0.25, 0.3) is 5.91 Å². The molecule has 0 N–H and O–H groups in total. The lowest BCUT2D eigenvalue weighted by atomic mass is 10.0. The largest absolute Gasteiger partial charge is 0.497 e. The Kier molecular flexibility index (Phi) is 3.78. The molecule has 2 aromatic rings. The highest BCUT2D eigenvalue weighted by atomic mass is 16.5. The normalized spacial score (nSPS) is 18.8. The van der Waals surface area contributed by atoms with Crippen LogP contribution in [0.15, 0.2) is 30.3 Å². The van der Waals surface area contributed by atoms with E-state index in [1.54, 1.807) is 7.11 Å². The molecule has 0 spiro atoms. The van der Waals surface area contributed by atoms with Crippen molar-refractivity contribution >= 4 is 16.8 Å². The van der Waals surface area contributed by atoms with Gasteiger partial charge in [-0.1, -0.05) is 6.07 Å². The maximum Gasteiger partial charge on any atom is 0.272 e. The van der Waals surface area contributed by atoms with Crippen molar-refractivity contribution in [2.75, 3.05) is 13.7 Å². The first-order valence-electron chi connectivity index (χ1n) is 7.45. The summed E-state index contributed by atoms with van der Waals surface area (Å²) in [5, 5.41) is 0.984. The first-order valence-corrected chi connectivity index (χ1v) is 7.45. The highest BCUT2D eigenvalue weighted by molar-refractivity contribution is 5.95. The van der Waals surface area contributed by atoms with E-state index in [4.69, 9.17) is 4.74 Å². The number of methoxy groups -OCH3 is 1. The van der Waals surface area contributed by atoms with Crippen LogP contribution in [0, 0.1) is 0 Å². The van der Waals surface area contributed by atoms with Crippen molar-refractivity contribution in [2.24, 2.45) is 0 Å². The van der Waals surface area contributed by atoms with Gasteiger partial charge in [0.2, 0.25) is 0 Å². The number of pyridine rings is 1. The minimum atomic E-state index is 0.0416. The summed E-state index contributed by atoms with van der Waals surface area (Å²) in [6, 6.07) is 9.75. The Balaban J connectivity index is 1.91. The third kappa shape index (κ3) is 2.71. The fourth-order valence-electron chi connectivity index (χ4n) is 2.90. The number of fused-ring (bicyclic) bond motifs is 1. The molecule has 21 heavy (non-hydrogen) atoms. The average molecular weight is 284 g/mol. The molecule has 1 amide bonds. The maximum absolute atomic E-state index is 12.6. The number of aromatic nitrogens is 1. The van der Waals surface area contributed by atoms with Gasteiger partial charge in [0.1, 0.15) is 11.4 Å². The van der Waals surface area contributed by atoms with Gasteiger partial charge in [0, 0.05) is 18.0 Å². The molecule has 0 aliphatic carbocycles. The molecule has 1 aromatic carbocycles. The van der Waals surface area contributed by atoms with E-state index in [2.05, 4.69) is 11.9 Å². The monoisotopic (exact) mass is 284 g/mol. The third-order valence-corrected chi connectivity index (χ3v) is 4.18. The summed E-state index contributed by atoms with van der Waals surface area (Å²) in [6.07, 6.45) is 3.37. The lowest BCUT2D eigenvalue weighted by Gasteiger charge is -2.33. The Bertz CT molecular complexity index is 669. The van der Waals surface area contributed by atoms with E-state index in [9.17, 15) is 4.79 Å². The molecule has 1 unspecified atom stereocenters. The average Bonchev–Trinajstić information content (AvgIpc) is 2.53. The zero-order valence-corrected chi connectivity index (χ0v) is 12.5. The summed E-state index contributed by atoms with van der Waals surface area (Å²) in [5.74, 6) is 0.841. The van der Waals surface area contributed by atoms with Crippen molar-refractivity contribution in [3.05, 3.63) is 36.0 Å². The Labute approximate surface area is 124 Å². The fraction of sp³-hybridized carbons (Fsp3) is 0.412. The predicted molar refractivity (Wildman–Crippen MR) is 82.6 cm³/mol. The van der Waals surface area contributed by atoms with Gasteiger partial charge in [0.05, 0.1) is 12.6 Å². The maximum atomic E-state index is 12.6. The van der Waals surface area contributed by atoms with E-state index in [0.717, 1.165) is 36.0 Å². The summed E-state index contributed by atoms with van der Waals surface area (Å²) in [7, 11) is 1.64. The Hall–Kier alpha value is -2.10. The molecule has 0 saturated carbocycles. The van der Waals surface area contributed by atoms with E-state index >= 15 is 0 Å². The Morgan fingerprint density at radius 1 is 1.29 bits per heavy atom. The number of amides is 1. The van der Waals surface area contributed by atoms with Crippen molar-refractivity contribution in [1.82, 2.24) is 9.88 Å². The number of hydrogen-bond donors (Lipinski definition) is 0. The number of ether oxygens (including phenoxy) is 1. The lowest BCUT2D eigenvalue weighted by Crippen LogP contribution is -2.42. The van der Waals surface area contributed by atoms with Crippen molar-refractivity contribution in [2.45, 2.75) is 32.2 Å². The first kappa shape index (κ1) is 13.9. The highest BCUT2D eigenvalue weighted by Crippen LogP contribution is 2.22. The van der Waals surface area contributed by atoms with Gasteiger partial charge in [-0.25, -0.2) is 4.98 Å². The lowest BCUT2D eigenvalue weighted by molar-refractivity contribution is 0.0630. The zero-order chi connectivity index (χ0) is 14.8. The van der Waals surface area contributed by atoms with E-state index < -0.39 is 0 Å². The fourth-order valence-corrected chi connectivity index (χ4v) is 2.90. The molecule has 0 bridgehead atoms. The molecule has 1 aliphatic heterocycles. The molecule has 1 aliphatic rings. The molecule has 0 radical (unpaired) electrons. The molecule has 3 rings (SSSR count). The van der Waals surface area contributed by atoms with Gasteiger partial charge < -0.3 is 9.64 Å². The molecule has 1 aromatic heterocycles. The van der Waals surface area contributed by atoms with Gasteiger partial charge in [0.15, 0.2) is 0 Å². The minimum Gasteiger partial charge on any atom is -0.497 e.